The zero-order valence-electron chi connectivity index (χ0n) is 17.5. The molecule has 9 heteroatoms. The summed E-state index contributed by atoms with van der Waals surface area (Å²) in [7, 11) is 0. The lowest BCUT2D eigenvalue weighted by molar-refractivity contribution is -0.385. The topological polar surface area (TPSA) is 122 Å². The van der Waals surface area contributed by atoms with Crippen molar-refractivity contribution in [3.63, 3.8) is 0 Å². The molecule has 0 aromatic heterocycles. The van der Waals surface area contributed by atoms with Crippen molar-refractivity contribution < 1.29 is 24.1 Å². The average molecular weight is 440 g/mol. The van der Waals surface area contributed by atoms with Crippen molar-refractivity contribution in [2.75, 3.05) is 0 Å². The summed E-state index contributed by atoms with van der Waals surface area (Å²) >= 11 is 0. The Hall–Kier alpha value is -3.49. The standard InChI is InChI=1S/C23H24N2O7/c26-23(31-21-9-7-19(24(27)28)13-17(21)11-15-3-1-4-15)32-22-10-8-20(25(29)30)14-18(22)12-16-5-2-6-16/h7-10,13-16H,1-6,11-12H2. The van der Waals surface area contributed by atoms with Crippen LogP contribution in [-0.4, -0.2) is 16.0 Å². The Kier molecular flexibility index (Phi) is 6.34. The number of rotatable bonds is 8. The maximum absolute atomic E-state index is 12.6. The summed E-state index contributed by atoms with van der Waals surface area (Å²) in [6.07, 6.45) is 6.63. The summed E-state index contributed by atoms with van der Waals surface area (Å²) in [5.74, 6) is 1.29. The second-order valence-corrected chi connectivity index (χ2v) is 8.55. The molecule has 0 spiro atoms. The van der Waals surface area contributed by atoms with Gasteiger partial charge in [0.25, 0.3) is 11.4 Å². The van der Waals surface area contributed by atoms with Crippen LogP contribution in [0.1, 0.15) is 49.7 Å². The van der Waals surface area contributed by atoms with Crippen molar-refractivity contribution in [3.05, 3.63) is 67.8 Å². The minimum absolute atomic E-state index is 0.0572. The highest BCUT2D eigenvalue weighted by atomic mass is 16.7. The highest BCUT2D eigenvalue weighted by Gasteiger charge is 2.25. The molecule has 0 N–H and O–H groups in total. The van der Waals surface area contributed by atoms with E-state index in [1.54, 1.807) is 0 Å². The van der Waals surface area contributed by atoms with Gasteiger partial charge in [0.2, 0.25) is 0 Å². The van der Waals surface area contributed by atoms with E-state index in [-0.39, 0.29) is 22.9 Å². The SMILES string of the molecule is O=C(Oc1ccc([N+](=O)[O-])cc1CC1CCC1)Oc1ccc([N+](=O)[O-])cc1CC1CCC1. The van der Waals surface area contributed by atoms with Gasteiger partial charge in [0, 0.05) is 35.4 Å². The van der Waals surface area contributed by atoms with Crippen molar-refractivity contribution in [2.24, 2.45) is 11.8 Å². The molecule has 0 aliphatic heterocycles. The average Bonchev–Trinajstić information content (AvgIpc) is 2.69. The van der Waals surface area contributed by atoms with Gasteiger partial charge in [-0.1, -0.05) is 38.5 Å². The molecule has 0 radical (unpaired) electrons. The molecule has 2 aromatic carbocycles. The molecule has 2 saturated carbocycles. The Bertz CT molecular complexity index is 963. The van der Waals surface area contributed by atoms with Crippen LogP contribution in [0.5, 0.6) is 11.5 Å². The number of nitrogens with zero attached hydrogens (tertiary/aromatic N) is 2. The van der Waals surface area contributed by atoms with Gasteiger partial charge >= 0.3 is 6.16 Å². The molecule has 4 rings (SSSR count). The molecule has 2 aliphatic carbocycles. The fourth-order valence-electron chi connectivity index (χ4n) is 4.09. The van der Waals surface area contributed by atoms with Crippen LogP contribution in [0.4, 0.5) is 16.2 Å². The number of non-ortho nitro benzene ring substituents is 2. The summed E-state index contributed by atoms with van der Waals surface area (Å²) in [5, 5.41) is 22.3. The maximum atomic E-state index is 12.6. The molecular formula is C23H24N2O7. The molecule has 0 atom stereocenters. The van der Waals surface area contributed by atoms with E-state index in [2.05, 4.69) is 0 Å². The van der Waals surface area contributed by atoms with Gasteiger partial charge in [0.05, 0.1) is 9.85 Å². The monoisotopic (exact) mass is 440 g/mol. The van der Waals surface area contributed by atoms with Crippen molar-refractivity contribution in [3.8, 4) is 11.5 Å². The molecule has 0 bridgehead atoms. The molecule has 32 heavy (non-hydrogen) atoms. The Morgan fingerprint density at radius 2 is 1.19 bits per heavy atom. The second-order valence-electron chi connectivity index (χ2n) is 8.55. The predicted octanol–water partition coefficient (Wildman–Crippen LogP) is 5.77. The number of ether oxygens (including phenoxy) is 2. The first-order chi connectivity index (χ1) is 15.4. The lowest BCUT2D eigenvalue weighted by Gasteiger charge is -2.26. The van der Waals surface area contributed by atoms with Gasteiger partial charge in [-0.3, -0.25) is 20.2 Å². The molecule has 9 nitrogen and oxygen atoms in total. The van der Waals surface area contributed by atoms with Crippen LogP contribution in [0.2, 0.25) is 0 Å². The van der Waals surface area contributed by atoms with E-state index < -0.39 is 16.0 Å². The van der Waals surface area contributed by atoms with Crippen LogP contribution in [0.3, 0.4) is 0 Å². The third kappa shape index (κ3) is 5.04. The van der Waals surface area contributed by atoms with Crippen molar-refractivity contribution in [1.29, 1.82) is 0 Å². The molecule has 0 heterocycles. The smallest absolute Gasteiger partial charge is 0.394 e. The largest absolute Gasteiger partial charge is 0.519 e. The van der Waals surface area contributed by atoms with Crippen LogP contribution >= 0.6 is 0 Å². The molecule has 0 amide bonds. The number of benzene rings is 2. The summed E-state index contributed by atoms with van der Waals surface area (Å²) in [5.41, 5.74) is 1.08. The van der Waals surface area contributed by atoms with E-state index in [0.717, 1.165) is 38.5 Å². The first-order valence-corrected chi connectivity index (χ1v) is 10.8. The minimum Gasteiger partial charge on any atom is -0.394 e. The third-order valence-electron chi connectivity index (χ3n) is 6.36. The van der Waals surface area contributed by atoms with Gasteiger partial charge in [0.15, 0.2) is 0 Å². The Morgan fingerprint density at radius 1 is 0.781 bits per heavy atom. The normalized spacial score (nSPS) is 16.0. The molecular weight excluding hydrogens is 416 g/mol. The molecule has 2 fully saturated rings. The van der Waals surface area contributed by atoms with E-state index in [9.17, 15) is 25.0 Å². The first-order valence-electron chi connectivity index (χ1n) is 10.8. The predicted molar refractivity (Wildman–Crippen MR) is 115 cm³/mol. The van der Waals surface area contributed by atoms with E-state index in [4.69, 9.17) is 9.47 Å². The molecule has 0 unspecified atom stereocenters. The number of nitro groups is 2. The summed E-state index contributed by atoms with van der Waals surface area (Å²) in [4.78, 5) is 33.9. The molecule has 0 saturated heterocycles. The van der Waals surface area contributed by atoms with E-state index in [1.165, 1.54) is 36.4 Å². The Labute approximate surface area is 184 Å². The number of nitro benzene ring substituents is 2. The minimum atomic E-state index is -0.975. The van der Waals surface area contributed by atoms with Gasteiger partial charge in [-0.2, -0.15) is 0 Å². The van der Waals surface area contributed by atoms with Crippen LogP contribution < -0.4 is 9.47 Å². The lowest BCUT2D eigenvalue weighted by Crippen LogP contribution is -2.19. The second kappa shape index (κ2) is 9.33. The Balaban J connectivity index is 1.51. The van der Waals surface area contributed by atoms with Gasteiger partial charge in [0.1, 0.15) is 11.5 Å². The van der Waals surface area contributed by atoms with Gasteiger partial charge < -0.3 is 9.47 Å². The number of carbonyl (C=O) groups is 1. The third-order valence-corrected chi connectivity index (χ3v) is 6.36. The number of hydrogen-bond acceptors (Lipinski definition) is 7. The van der Waals surface area contributed by atoms with Gasteiger partial charge in [-0.25, -0.2) is 4.79 Å². The van der Waals surface area contributed by atoms with Crippen LogP contribution in [-0.2, 0) is 12.8 Å². The fraction of sp³-hybridized carbons (Fsp3) is 0.435. The zero-order valence-corrected chi connectivity index (χ0v) is 17.5. The lowest BCUT2D eigenvalue weighted by atomic mass is 9.81. The zero-order chi connectivity index (χ0) is 22.7. The Morgan fingerprint density at radius 3 is 1.50 bits per heavy atom. The van der Waals surface area contributed by atoms with E-state index in [1.807, 2.05) is 0 Å². The van der Waals surface area contributed by atoms with Crippen molar-refractivity contribution in [2.45, 2.75) is 51.4 Å². The van der Waals surface area contributed by atoms with Gasteiger partial charge in [-0.15, -0.1) is 0 Å². The van der Waals surface area contributed by atoms with Gasteiger partial charge in [-0.05, 0) is 36.8 Å². The van der Waals surface area contributed by atoms with Crippen LogP contribution in [0, 0.1) is 32.1 Å². The summed E-state index contributed by atoms with van der Waals surface area (Å²) in [6.45, 7) is 0. The van der Waals surface area contributed by atoms with E-state index >= 15 is 0 Å². The number of carbonyl (C=O) groups excluding carboxylic acids is 1. The van der Waals surface area contributed by atoms with Crippen LogP contribution in [0.15, 0.2) is 36.4 Å². The first kappa shape index (κ1) is 21.7. The summed E-state index contributed by atoms with van der Waals surface area (Å²) < 4.78 is 10.8. The highest BCUT2D eigenvalue weighted by molar-refractivity contribution is 5.69. The molecule has 2 aromatic rings. The fourth-order valence-corrected chi connectivity index (χ4v) is 4.09. The van der Waals surface area contributed by atoms with Crippen molar-refractivity contribution >= 4 is 17.5 Å². The quantitative estimate of drug-likeness (QED) is 0.221. The molecule has 168 valence electrons. The highest BCUT2D eigenvalue weighted by Crippen LogP contribution is 2.36. The summed E-state index contributed by atoms with van der Waals surface area (Å²) in [6, 6.07) is 8.29. The van der Waals surface area contributed by atoms with Crippen molar-refractivity contribution in [1.82, 2.24) is 0 Å². The molecule has 2 aliphatic rings. The van der Waals surface area contributed by atoms with Crippen LogP contribution in [0.25, 0.3) is 0 Å². The maximum Gasteiger partial charge on any atom is 0.519 e. The number of hydrogen-bond donors (Lipinski definition) is 0. The van der Waals surface area contributed by atoms with E-state index in [0.29, 0.717) is 35.8 Å².